The van der Waals surface area contributed by atoms with Gasteiger partial charge in [0.15, 0.2) is 5.82 Å². The molecule has 3 aromatic rings. The maximum atomic E-state index is 13.0. The molecule has 1 aliphatic heterocycles. The average Bonchev–Trinajstić information content (AvgIpc) is 3.31. The molecular weight excluding hydrogens is 318 g/mol. The van der Waals surface area contributed by atoms with Crippen LogP contribution in [0.5, 0.6) is 0 Å². The minimum Gasteiger partial charge on any atom is -0.340 e. The van der Waals surface area contributed by atoms with Crippen molar-refractivity contribution in [3.63, 3.8) is 0 Å². The van der Waals surface area contributed by atoms with E-state index >= 15 is 0 Å². The van der Waals surface area contributed by atoms with Crippen LogP contribution in [-0.4, -0.2) is 37.0 Å². The zero-order chi connectivity index (χ0) is 17.6. The highest BCUT2D eigenvalue weighted by Crippen LogP contribution is 2.32. The normalized spacial score (nSPS) is 17.8. The Morgan fingerprint density at radius 3 is 2.92 bits per heavy atom. The molecule has 3 heterocycles. The van der Waals surface area contributed by atoms with Crippen molar-refractivity contribution in [2.45, 2.75) is 45.7 Å². The lowest BCUT2D eigenvalue weighted by molar-refractivity contribution is 0.0728. The molecule has 130 valence electrons. The number of aryl methyl sites for hydroxylation is 1. The number of hydrogen-bond acceptors (Lipinski definition) is 5. The molecule has 0 N–H and O–H groups in total. The van der Waals surface area contributed by atoms with Crippen LogP contribution < -0.4 is 0 Å². The zero-order valence-corrected chi connectivity index (χ0v) is 14.6. The Morgan fingerprint density at radius 2 is 2.20 bits per heavy atom. The van der Waals surface area contributed by atoms with Crippen molar-refractivity contribution in [2.24, 2.45) is 0 Å². The van der Waals surface area contributed by atoms with E-state index in [1.54, 1.807) is 6.92 Å². The van der Waals surface area contributed by atoms with Gasteiger partial charge >= 0.3 is 0 Å². The summed E-state index contributed by atoms with van der Waals surface area (Å²) in [6.07, 6.45) is 3.62. The number of likely N-dealkylation sites (tertiary alicyclic amines) is 1. The average molecular weight is 339 g/mol. The van der Waals surface area contributed by atoms with Crippen molar-refractivity contribution >= 4 is 16.9 Å². The number of benzene rings is 1. The van der Waals surface area contributed by atoms with E-state index in [1.165, 1.54) is 0 Å². The SMILES string of the molecule is Cc1nc([C@H]2CCCN2C(=O)c2ccc3c(c2)ncn3C(C)C)no1. The number of carbonyl (C=O) groups excluding carboxylic acids is 1. The quantitative estimate of drug-likeness (QED) is 0.732. The van der Waals surface area contributed by atoms with E-state index in [9.17, 15) is 4.79 Å². The molecule has 1 amide bonds. The molecule has 0 radical (unpaired) electrons. The first kappa shape index (κ1) is 15.8. The van der Waals surface area contributed by atoms with Crippen molar-refractivity contribution in [1.29, 1.82) is 0 Å². The summed E-state index contributed by atoms with van der Waals surface area (Å²) < 4.78 is 7.18. The highest BCUT2D eigenvalue weighted by Gasteiger charge is 2.33. The van der Waals surface area contributed by atoms with Crippen LogP contribution >= 0.6 is 0 Å². The van der Waals surface area contributed by atoms with E-state index in [1.807, 2.05) is 29.4 Å². The Hall–Kier alpha value is -2.70. The van der Waals surface area contributed by atoms with Crippen LogP contribution in [0.3, 0.4) is 0 Å². The summed E-state index contributed by atoms with van der Waals surface area (Å²) in [5, 5.41) is 4.00. The fourth-order valence-electron chi connectivity index (χ4n) is 3.47. The van der Waals surface area contributed by atoms with Crippen molar-refractivity contribution < 1.29 is 9.32 Å². The molecule has 7 nitrogen and oxygen atoms in total. The number of amides is 1. The molecule has 0 bridgehead atoms. The second-order valence-electron chi connectivity index (χ2n) is 6.78. The molecule has 25 heavy (non-hydrogen) atoms. The first-order valence-electron chi connectivity index (χ1n) is 8.62. The van der Waals surface area contributed by atoms with Crippen LogP contribution in [0, 0.1) is 6.92 Å². The summed E-state index contributed by atoms with van der Waals surface area (Å²) in [6.45, 7) is 6.69. The summed E-state index contributed by atoms with van der Waals surface area (Å²) >= 11 is 0. The largest absolute Gasteiger partial charge is 0.340 e. The van der Waals surface area contributed by atoms with Crippen molar-refractivity contribution in [3.8, 4) is 0 Å². The number of imidazole rings is 1. The van der Waals surface area contributed by atoms with Crippen LogP contribution in [0.25, 0.3) is 11.0 Å². The van der Waals surface area contributed by atoms with Gasteiger partial charge in [0.05, 0.1) is 23.4 Å². The topological polar surface area (TPSA) is 77.1 Å². The maximum Gasteiger partial charge on any atom is 0.254 e. The Bertz CT molecular complexity index is 927. The lowest BCUT2D eigenvalue weighted by Crippen LogP contribution is -2.31. The van der Waals surface area contributed by atoms with E-state index in [-0.39, 0.29) is 11.9 Å². The lowest BCUT2D eigenvalue weighted by Gasteiger charge is -2.22. The predicted molar refractivity (Wildman–Crippen MR) is 92.2 cm³/mol. The summed E-state index contributed by atoms with van der Waals surface area (Å²) in [5.41, 5.74) is 2.53. The van der Waals surface area contributed by atoms with Gasteiger partial charge in [-0.3, -0.25) is 4.79 Å². The summed E-state index contributed by atoms with van der Waals surface area (Å²) in [6, 6.07) is 5.93. The molecule has 0 aliphatic carbocycles. The van der Waals surface area contributed by atoms with Gasteiger partial charge in [-0.15, -0.1) is 0 Å². The third-order valence-electron chi connectivity index (χ3n) is 4.73. The Morgan fingerprint density at radius 1 is 1.36 bits per heavy atom. The Labute approximate surface area is 145 Å². The first-order valence-corrected chi connectivity index (χ1v) is 8.62. The van der Waals surface area contributed by atoms with Gasteiger partial charge in [-0.05, 0) is 44.9 Å². The molecule has 1 aliphatic rings. The molecular formula is C18H21N5O2. The number of fused-ring (bicyclic) bond motifs is 1. The number of rotatable bonds is 3. The number of hydrogen-bond donors (Lipinski definition) is 0. The van der Waals surface area contributed by atoms with E-state index in [0.717, 1.165) is 23.9 Å². The smallest absolute Gasteiger partial charge is 0.254 e. The molecule has 1 fully saturated rings. The summed E-state index contributed by atoms with van der Waals surface area (Å²) in [4.78, 5) is 23.6. The molecule has 1 atom stereocenters. The van der Waals surface area contributed by atoms with E-state index in [0.29, 0.717) is 29.9 Å². The predicted octanol–water partition coefficient (Wildman–Crippen LogP) is 3.29. The standard InChI is InChI=1S/C18H21N5O2/c1-11(2)23-10-19-14-9-13(6-7-15(14)23)18(24)22-8-4-5-16(22)17-20-12(3)25-21-17/h6-7,9-11,16H,4-5,8H2,1-3H3/t16-/m1/s1. The van der Waals surface area contributed by atoms with Crippen molar-refractivity contribution in [1.82, 2.24) is 24.6 Å². The third kappa shape index (κ3) is 2.69. The maximum absolute atomic E-state index is 13.0. The van der Waals surface area contributed by atoms with Gasteiger partial charge in [0, 0.05) is 25.1 Å². The van der Waals surface area contributed by atoms with Gasteiger partial charge in [-0.1, -0.05) is 5.16 Å². The second-order valence-corrected chi connectivity index (χ2v) is 6.78. The van der Waals surface area contributed by atoms with Gasteiger partial charge in [0.2, 0.25) is 5.89 Å². The fraction of sp³-hybridized carbons (Fsp3) is 0.444. The number of carbonyl (C=O) groups is 1. The Kier molecular flexibility index (Phi) is 3.78. The highest BCUT2D eigenvalue weighted by atomic mass is 16.5. The van der Waals surface area contributed by atoms with E-state index in [4.69, 9.17) is 4.52 Å². The van der Waals surface area contributed by atoms with Crippen LogP contribution in [0.4, 0.5) is 0 Å². The minimum absolute atomic E-state index is 0.00838. The molecule has 7 heteroatoms. The van der Waals surface area contributed by atoms with Crippen LogP contribution in [-0.2, 0) is 0 Å². The van der Waals surface area contributed by atoms with Gasteiger partial charge in [-0.2, -0.15) is 4.98 Å². The van der Waals surface area contributed by atoms with Crippen molar-refractivity contribution in [3.05, 3.63) is 41.8 Å². The highest BCUT2D eigenvalue weighted by molar-refractivity contribution is 5.97. The number of aromatic nitrogens is 4. The van der Waals surface area contributed by atoms with Crippen LogP contribution in [0.1, 0.15) is 60.8 Å². The van der Waals surface area contributed by atoms with Gasteiger partial charge in [-0.25, -0.2) is 4.98 Å². The lowest BCUT2D eigenvalue weighted by atomic mass is 10.1. The van der Waals surface area contributed by atoms with Crippen LogP contribution in [0.2, 0.25) is 0 Å². The summed E-state index contributed by atoms with van der Waals surface area (Å²) in [5.74, 6) is 1.11. The summed E-state index contributed by atoms with van der Waals surface area (Å²) in [7, 11) is 0. The number of nitrogens with zero attached hydrogens (tertiary/aromatic N) is 5. The monoisotopic (exact) mass is 339 g/mol. The van der Waals surface area contributed by atoms with Crippen molar-refractivity contribution in [2.75, 3.05) is 6.54 Å². The van der Waals surface area contributed by atoms with Crippen LogP contribution in [0.15, 0.2) is 29.0 Å². The minimum atomic E-state index is -0.117. The van der Waals surface area contributed by atoms with Gasteiger partial charge < -0.3 is 14.0 Å². The molecule has 4 rings (SSSR count). The van der Waals surface area contributed by atoms with E-state index in [2.05, 4.69) is 33.5 Å². The third-order valence-corrected chi connectivity index (χ3v) is 4.73. The first-order chi connectivity index (χ1) is 12.0. The molecule has 2 aromatic heterocycles. The molecule has 1 saturated heterocycles. The molecule has 0 saturated carbocycles. The molecule has 0 spiro atoms. The van der Waals surface area contributed by atoms with E-state index < -0.39 is 0 Å². The molecule has 1 aromatic carbocycles. The van der Waals surface area contributed by atoms with Gasteiger partial charge in [0.25, 0.3) is 5.91 Å². The fourth-order valence-corrected chi connectivity index (χ4v) is 3.47. The molecule has 0 unspecified atom stereocenters. The second kappa shape index (κ2) is 5.98. The zero-order valence-electron chi connectivity index (χ0n) is 14.6. The van der Waals surface area contributed by atoms with Gasteiger partial charge in [0.1, 0.15) is 0 Å². The Balaban J connectivity index is 1.64.